The molecule has 1 aliphatic heterocycles. The van der Waals surface area contributed by atoms with Gasteiger partial charge in [0.25, 0.3) is 5.91 Å². The van der Waals surface area contributed by atoms with E-state index in [0.29, 0.717) is 42.1 Å². The Morgan fingerprint density at radius 1 is 1.05 bits per heavy atom. The molecule has 1 amide bonds. The number of thioether (sulfide) groups is 1. The molecule has 0 saturated carbocycles. The Bertz CT molecular complexity index is 1310. The molecule has 206 valence electrons. The predicted octanol–water partition coefficient (Wildman–Crippen LogP) is 5.74. The van der Waals surface area contributed by atoms with Crippen molar-refractivity contribution in [3.63, 3.8) is 0 Å². The number of piperidine rings is 1. The number of benzene rings is 3. The molecule has 1 heterocycles. The summed E-state index contributed by atoms with van der Waals surface area (Å²) in [6, 6.07) is 20.1. The SMILES string of the molecule is CSCC[C@H](NC(=O)c1ccc(CN2CCC(O)(c3ccc(Cl)cc3)CC2)cc1-c1ccccc1C)C(=O)O. The number of likely N-dealkylation sites (tertiary alicyclic amines) is 1. The van der Waals surface area contributed by atoms with E-state index in [1.54, 1.807) is 17.8 Å². The smallest absolute Gasteiger partial charge is 0.326 e. The van der Waals surface area contributed by atoms with Crippen LogP contribution in [0.15, 0.2) is 66.7 Å². The maximum atomic E-state index is 13.3. The summed E-state index contributed by atoms with van der Waals surface area (Å²) in [6.45, 7) is 4.15. The standard InChI is InChI=1S/C31H35ClN2O4S/c1-21-5-3-4-6-25(21)27-19-22(7-12-26(27)29(35)33-28(30(36)37)13-18-39-2)20-34-16-14-31(38,15-17-34)23-8-10-24(32)11-9-23/h3-12,19,28,38H,13-18,20H2,1-2H3,(H,33,35)(H,36,37)/t28-/m0/s1. The van der Waals surface area contributed by atoms with Crippen LogP contribution in [0.1, 0.15) is 46.3 Å². The van der Waals surface area contributed by atoms with Crippen LogP contribution in [-0.2, 0) is 16.9 Å². The summed E-state index contributed by atoms with van der Waals surface area (Å²) < 4.78 is 0. The third kappa shape index (κ3) is 7.22. The van der Waals surface area contributed by atoms with E-state index < -0.39 is 17.6 Å². The fourth-order valence-corrected chi connectivity index (χ4v) is 5.70. The van der Waals surface area contributed by atoms with E-state index in [-0.39, 0.29) is 5.91 Å². The van der Waals surface area contributed by atoms with Crippen LogP contribution in [0.3, 0.4) is 0 Å². The fourth-order valence-electron chi connectivity index (χ4n) is 5.10. The lowest BCUT2D eigenvalue weighted by molar-refractivity contribution is -0.139. The Hall–Kier alpha value is -2.84. The number of aliphatic hydroxyl groups is 1. The first kappa shape index (κ1) is 29.2. The van der Waals surface area contributed by atoms with Crippen LogP contribution in [0.25, 0.3) is 11.1 Å². The molecule has 1 saturated heterocycles. The van der Waals surface area contributed by atoms with Crippen LogP contribution in [-0.4, -0.2) is 58.1 Å². The second-order valence-electron chi connectivity index (χ2n) is 10.2. The molecule has 3 N–H and O–H groups in total. The first-order valence-electron chi connectivity index (χ1n) is 13.1. The predicted molar refractivity (Wildman–Crippen MR) is 158 cm³/mol. The molecule has 3 aromatic carbocycles. The molecule has 8 heteroatoms. The second kappa shape index (κ2) is 13.0. The van der Waals surface area contributed by atoms with Gasteiger partial charge in [0.1, 0.15) is 6.04 Å². The number of halogens is 1. The van der Waals surface area contributed by atoms with E-state index in [2.05, 4.69) is 10.2 Å². The maximum Gasteiger partial charge on any atom is 0.326 e. The summed E-state index contributed by atoms with van der Waals surface area (Å²) in [6.07, 6.45) is 3.51. The normalized spacial score (nSPS) is 16.0. The number of carboxylic acid groups (broad SMARTS) is 1. The molecule has 1 atom stereocenters. The zero-order valence-electron chi connectivity index (χ0n) is 22.3. The highest BCUT2D eigenvalue weighted by molar-refractivity contribution is 7.98. The third-order valence-corrected chi connectivity index (χ3v) is 8.34. The molecule has 4 rings (SSSR count). The molecular weight excluding hydrogens is 532 g/mol. The van der Waals surface area contributed by atoms with Crippen LogP contribution in [0.4, 0.5) is 0 Å². The average Bonchev–Trinajstić information content (AvgIpc) is 2.92. The van der Waals surface area contributed by atoms with Gasteiger partial charge in [-0.15, -0.1) is 0 Å². The van der Waals surface area contributed by atoms with Gasteiger partial charge in [0.2, 0.25) is 0 Å². The van der Waals surface area contributed by atoms with Gasteiger partial charge in [-0.05, 0) is 90.3 Å². The number of nitrogens with one attached hydrogen (secondary N) is 1. The van der Waals surface area contributed by atoms with Crippen LogP contribution in [0.2, 0.25) is 5.02 Å². The molecule has 1 aliphatic rings. The third-order valence-electron chi connectivity index (χ3n) is 7.45. The molecule has 3 aromatic rings. The molecule has 0 spiro atoms. The van der Waals surface area contributed by atoms with Crippen molar-refractivity contribution < 1.29 is 19.8 Å². The Morgan fingerprint density at radius 3 is 2.38 bits per heavy atom. The Kier molecular flexibility index (Phi) is 9.72. The number of carbonyl (C=O) groups is 2. The van der Waals surface area contributed by atoms with Crippen molar-refractivity contribution in [3.8, 4) is 11.1 Å². The summed E-state index contributed by atoms with van der Waals surface area (Å²) in [5.41, 5.74) is 4.29. The van der Waals surface area contributed by atoms with Gasteiger partial charge in [-0.25, -0.2) is 4.79 Å². The van der Waals surface area contributed by atoms with Crippen molar-refractivity contribution in [3.05, 3.63) is 94.0 Å². The summed E-state index contributed by atoms with van der Waals surface area (Å²) in [5.74, 6) is -0.779. The van der Waals surface area contributed by atoms with Gasteiger partial charge < -0.3 is 15.5 Å². The maximum absolute atomic E-state index is 13.3. The summed E-state index contributed by atoms with van der Waals surface area (Å²) >= 11 is 7.57. The van der Waals surface area contributed by atoms with Crippen molar-refractivity contribution in [2.45, 2.75) is 44.4 Å². The number of rotatable bonds is 10. The van der Waals surface area contributed by atoms with Gasteiger partial charge in [-0.3, -0.25) is 9.69 Å². The quantitative estimate of drug-likeness (QED) is 0.290. The zero-order valence-corrected chi connectivity index (χ0v) is 23.9. The first-order valence-corrected chi connectivity index (χ1v) is 14.9. The minimum absolute atomic E-state index is 0.358. The zero-order chi connectivity index (χ0) is 28.0. The monoisotopic (exact) mass is 566 g/mol. The molecule has 39 heavy (non-hydrogen) atoms. The molecule has 0 radical (unpaired) electrons. The molecule has 1 fully saturated rings. The van der Waals surface area contributed by atoms with Crippen LogP contribution < -0.4 is 5.32 Å². The van der Waals surface area contributed by atoms with Crippen molar-refractivity contribution in [2.24, 2.45) is 0 Å². The summed E-state index contributed by atoms with van der Waals surface area (Å²) in [4.78, 5) is 27.4. The largest absolute Gasteiger partial charge is 0.480 e. The van der Waals surface area contributed by atoms with Crippen molar-refractivity contribution in [1.29, 1.82) is 0 Å². The number of aryl methyl sites for hydroxylation is 1. The molecule has 0 aromatic heterocycles. The number of nitrogens with zero attached hydrogens (tertiary/aromatic N) is 1. The molecule has 6 nitrogen and oxygen atoms in total. The van der Waals surface area contributed by atoms with Gasteiger partial charge in [0, 0.05) is 30.2 Å². The minimum Gasteiger partial charge on any atom is -0.480 e. The fraction of sp³-hybridized carbons (Fsp3) is 0.355. The summed E-state index contributed by atoms with van der Waals surface area (Å²) in [5, 5.41) is 24.2. The van der Waals surface area contributed by atoms with E-state index in [1.807, 2.05) is 73.8 Å². The number of hydrogen-bond acceptors (Lipinski definition) is 5. The van der Waals surface area contributed by atoms with Gasteiger partial charge >= 0.3 is 5.97 Å². The van der Waals surface area contributed by atoms with E-state index >= 15 is 0 Å². The van der Waals surface area contributed by atoms with Crippen LogP contribution in [0, 0.1) is 6.92 Å². The summed E-state index contributed by atoms with van der Waals surface area (Å²) in [7, 11) is 0. The van der Waals surface area contributed by atoms with Gasteiger partial charge in [0.15, 0.2) is 0 Å². The Balaban J connectivity index is 1.54. The molecule has 0 bridgehead atoms. The number of carboxylic acids is 1. The van der Waals surface area contributed by atoms with E-state index in [4.69, 9.17) is 11.6 Å². The lowest BCUT2D eigenvalue weighted by Gasteiger charge is -2.38. The Labute approximate surface area is 239 Å². The number of carbonyl (C=O) groups excluding carboxylic acids is 1. The van der Waals surface area contributed by atoms with Crippen molar-refractivity contribution >= 4 is 35.2 Å². The molecule has 0 unspecified atom stereocenters. The van der Waals surface area contributed by atoms with Gasteiger partial charge in [-0.2, -0.15) is 11.8 Å². The lowest BCUT2D eigenvalue weighted by Crippen LogP contribution is -2.42. The van der Waals surface area contributed by atoms with E-state index in [1.165, 1.54) is 0 Å². The van der Waals surface area contributed by atoms with Gasteiger partial charge in [-0.1, -0.05) is 54.1 Å². The minimum atomic E-state index is -1.03. The van der Waals surface area contributed by atoms with Crippen molar-refractivity contribution in [1.82, 2.24) is 10.2 Å². The number of amides is 1. The van der Waals surface area contributed by atoms with Gasteiger partial charge in [0.05, 0.1) is 5.60 Å². The average molecular weight is 567 g/mol. The number of hydrogen-bond donors (Lipinski definition) is 3. The highest BCUT2D eigenvalue weighted by Gasteiger charge is 2.34. The number of aliphatic carboxylic acids is 1. The second-order valence-corrected chi connectivity index (χ2v) is 11.6. The topological polar surface area (TPSA) is 89.9 Å². The molecule has 0 aliphatic carbocycles. The molecular formula is C31H35ClN2O4S. The van der Waals surface area contributed by atoms with E-state index in [0.717, 1.165) is 40.9 Å². The van der Waals surface area contributed by atoms with Crippen LogP contribution in [0.5, 0.6) is 0 Å². The van der Waals surface area contributed by atoms with E-state index in [9.17, 15) is 19.8 Å². The van der Waals surface area contributed by atoms with Crippen molar-refractivity contribution in [2.75, 3.05) is 25.1 Å². The first-order chi connectivity index (χ1) is 18.7. The lowest BCUT2D eigenvalue weighted by atomic mass is 9.84. The highest BCUT2D eigenvalue weighted by atomic mass is 35.5. The van der Waals surface area contributed by atoms with Crippen LogP contribution >= 0.6 is 23.4 Å². The highest BCUT2D eigenvalue weighted by Crippen LogP contribution is 2.34. The Morgan fingerprint density at radius 2 is 1.74 bits per heavy atom.